The van der Waals surface area contributed by atoms with Crippen LogP contribution in [0, 0.1) is 0 Å². The fourth-order valence-electron chi connectivity index (χ4n) is 6.59. The number of likely N-dealkylation sites (N-methyl/N-ethyl adjacent to an activating group) is 1. The van der Waals surface area contributed by atoms with E-state index in [0.29, 0.717) is 22.5 Å². The van der Waals surface area contributed by atoms with Crippen LogP contribution in [0.1, 0.15) is 66.0 Å². The summed E-state index contributed by atoms with van der Waals surface area (Å²) in [6, 6.07) is 13.9. The van der Waals surface area contributed by atoms with Crippen LogP contribution >= 0.6 is 0 Å². The molecule has 0 aromatic heterocycles. The number of anilines is 2. The zero-order valence-corrected chi connectivity index (χ0v) is 25.4. The average Bonchev–Trinajstić information content (AvgIpc) is 3.31. The van der Waals surface area contributed by atoms with Crippen LogP contribution in [-0.2, 0) is 42.9 Å². The third kappa shape index (κ3) is 4.32. The molecule has 3 unspecified atom stereocenters. The standard InChI is InChI=1S/C32H34N2O9/c1-18(35)40-30(6)17-32(42-20(3)37,43-29(4,5)31(30,7)41-19(2)36)34-24-16-12-10-14-22(24)26(28(34)39)25-21-13-9-11-15-23(21)33(8)27(25)38/h9-16H,17H2,1-8H3/b26-25+. The molecule has 1 fully saturated rings. The molecule has 2 amide bonds. The van der Waals surface area contributed by atoms with Crippen molar-refractivity contribution in [2.45, 2.75) is 77.6 Å². The molecule has 43 heavy (non-hydrogen) atoms. The number of fused-ring (bicyclic) bond motifs is 2. The first-order valence-electron chi connectivity index (χ1n) is 13.8. The normalized spacial score (nSPS) is 29.2. The number of esters is 3. The smallest absolute Gasteiger partial charge is 0.308 e. The summed E-state index contributed by atoms with van der Waals surface area (Å²) in [6.07, 6.45) is -0.431. The number of hydrogen-bond donors (Lipinski definition) is 0. The van der Waals surface area contributed by atoms with Crippen molar-refractivity contribution in [1.82, 2.24) is 0 Å². The van der Waals surface area contributed by atoms with E-state index in [0.717, 1.165) is 0 Å². The average molecular weight is 591 g/mol. The molecule has 3 atom stereocenters. The molecule has 0 N–H and O–H groups in total. The molecule has 2 aromatic rings. The Balaban J connectivity index is 1.78. The Morgan fingerprint density at radius 2 is 1.21 bits per heavy atom. The van der Waals surface area contributed by atoms with Crippen molar-refractivity contribution in [2.75, 3.05) is 16.8 Å². The molecule has 0 spiro atoms. The van der Waals surface area contributed by atoms with Crippen LogP contribution in [0.5, 0.6) is 0 Å². The molecule has 0 aliphatic carbocycles. The first-order valence-corrected chi connectivity index (χ1v) is 13.8. The molecule has 2 aromatic carbocycles. The first kappa shape index (κ1) is 30.0. The summed E-state index contributed by atoms with van der Waals surface area (Å²) in [4.78, 5) is 68.6. The minimum absolute atomic E-state index is 0.104. The Kier molecular flexibility index (Phi) is 6.81. The van der Waals surface area contributed by atoms with Crippen molar-refractivity contribution in [3.63, 3.8) is 0 Å². The van der Waals surface area contributed by atoms with Crippen LogP contribution in [0.2, 0.25) is 0 Å². The van der Waals surface area contributed by atoms with E-state index in [-0.39, 0.29) is 17.1 Å². The fraction of sp³-hybridized carbons (Fsp3) is 0.406. The lowest BCUT2D eigenvalue weighted by atomic mass is 9.69. The Morgan fingerprint density at radius 3 is 1.77 bits per heavy atom. The van der Waals surface area contributed by atoms with E-state index in [1.807, 2.05) is 0 Å². The Hall–Kier alpha value is -4.51. The lowest BCUT2D eigenvalue weighted by Crippen LogP contribution is -2.77. The van der Waals surface area contributed by atoms with Crippen molar-refractivity contribution in [3.8, 4) is 0 Å². The van der Waals surface area contributed by atoms with E-state index in [4.69, 9.17) is 18.9 Å². The molecule has 226 valence electrons. The molecule has 11 heteroatoms. The SMILES string of the molecule is CC(=O)OC1(N2C(=O)/C(=C3/C(=O)N(C)c4ccccc43)c3ccccc32)CC(C)(OC(C)=O)C(C)(OC(C)=O)C(C)(C)O1. The Bertz CT molecular complexity index is 1630. The highest BCUT2D eigenvalue weighted by Crippen LogP contribution is 2.57. The Morgan fingerprint density at radius 1 is 0.721 bits per heavy atom. The first-order chi connectivity index (χ1) is 20.0. The van der Waals surface area contributed by atoms with Crippen LogP contribution in [0.15, 0.2) is 48.5 Å². The summed E-state index contributed by atoms with van der Waals surface area (Å²) in [7, 11) is 1.63. The number of hydrogen-bond acceptors (Lipinski definition) is 9. The zero-order valence-electron chi connectivity index (χ0n) is 25.4. The van der Waals surface area contributed by atoms with Crippen LogP contribution < -0.4 is 9.80 Å². The molecular weight excluding hydrogens is 556 g/mol. The summed E-state index contributed by atoms with van der Waals surface area (Å²) < 4.78 is 24.2. The number of rotatable bonds is 4. The molecule has 3 aliphatic heterocycles. The molecule has 11 nitrogen and oxygen atoms in total. The predicted octanol–water partition coefficient (Wildman–Crippen LogP) is 3.98. The minimum Gasteiger partial charge on any atom is -0.455 e. The third-order valence-electron chi connectivity index (χ3n) is 8.63. The van der Waals surface area contributed by atoms with Crippen LogP contribution in [0.4, 0.5) is 11.4 Å². The molecule has 0 bridgehead atoms. The van der Waals surface area contributed by atoms with Gasteiger partial charge in [-0.15, -0.1) is 0 Å². The predicted molar refractivity (Wildman–Crippen MR) is 155 cm³/mol. The van der Waals surface area contributed by atoms with E-state index in [1.54, 1.807) is 76.3 Å². The van der Waals surface area contributed by atoms with E-state index < -0.39 is 53.0 Å². The van der Waals surface area contributed by atoms with Crippen molar-refractivity contribution < 1.29 is 42.9 Å². The van der Waals surface area contributed by atoms with Crippen LogP contribution in [-0.4, -0.2) is 59.5 Å². The molecule has 3 heterocycles. The highest BCUT2D eigenvalue weighted by Gasteiger charge is 2.72. The number of amides is 2. The van der Waals surface area contributed by atoms with Crippen LogP contribution in [0.25, 0.3) is 11.1 Å². The summed E-state index contributed by atoms with van der Waals surface area (Å²) >= 11 is 0. The summed E-state index contributed by atoms with van der Waals surface area (Å²) in [5.41, 5.74) is -2.54. The van der Waals surface area contributed by atoms with E-state index >= 15 is 0 Å². The van der Waals surface area contributed by atoms with Gasteiger partial charge < -0.3 is 23.8 Å². The van der Waals surface area contributed by atoms with Crippen LogP contribution in [0.3, 0.4) is 0 Å². The number of nitrogens with zero attached hydrogens (tertiary/aromatic N) is 2. The number of ether oxygens (including phenoxy) is 4. The third-order valence-corrected chi connectivity index (χ3v) is 8.63. The van der Waals surface area contributed by atoms with Gasteiger partial charge in [-0.05, 0) is 39.8 Å². The molecule has 5 rings (SSSR count). The van der Waals surface area contributed by atoms with Gasteiger partial charge in [-0.25, -0.2) is 4.90 Å². The lowest BCUT2D eigenvalue weighted by molar-refractivity contribution is -0.377. The second kappa shape index (κ2) is 9.77. The summed E-state index contributed by atoms with van der Waals surface area (Å²) in [6.45, 7) is 9.87. The lowest BCUT2D eigenvalue weighted by Gasteiger charge is -2.61. The second-order valence-corrected chi connectivity index (χ2v) is 11.8. The Labute approximate surface area is 249 Å². The molecule has 3 aliphatic rings. The minimum atomic E-state index is -2.19. The maximum absolute atomic E-state index is 14.7. The van der Waals surface area contributed by atoms with Gasteiger partial charge in [-0.3, -0.25) is 24.0 Å². The van der Waals surface area contributed by atoms with Crippen molar-refractivity contribution >= 4 is 52.2 Å². The van der Waals surface area contributed by atoms with Gasteiger partial charge >= 0.3 is 23.8 Å². The monoisotopic (exact) mass is 590 g/mol. The van der Waals surface area contributed by atoms with Gasteiger partial charge in [-0.2, -0.15) is 0 Å². The van der Waals surface area contributed by atoms with Gasteiger partial charge in [0.2, 0.25) is 0 Å². The molecule has 0 radical (unpaired) electrons. The maximum atomic E-state index is 14.7. The van der Waals surface area contributed by atoms with Gasteiger partial charge in [0.1, 0.15) is 5.60 Å². The topological polar surface area (TPSA) is 129 Å². The highest BCUT2D eigenvalue weighted by molar-refractivity contribution is 6.49. The van der Waals surface area contributed by atoms with Gasteiger partial charge in [-0.1, -0.05) is 36.4 Å². The van der Waals surface area contributed by atoms with Crippen molar-refractivity contribution in [2.24, 2.45) is 0 Å². The maximum Gasteiger partial charge on any atom is 0.308 e. The van der Waals surface area contributed by atoms with Gasteiger partial charge in [0, 0.05) is 38.9 Å². The molecule has 0 saturated carbocycles. The quantitative estimate of drug-likeness (QED) is 0.295. The molecular formula is C32H34N2O9. The number of benzene rings is 2. The second-order valence-electron chi connectivity index (χ2n) is 11.8. The van der Waals surface area contributed by atoms with Gasteiger partial charge in [0.15, 0.2) is 11.2 Å². The highest BCUT2D eigenvalue weighted by atomic mass is 16.8. The zero-order chi connectivity index (χ0) is 31.7. The number of para-hydroxylation sites is 2. The van der Waals surface area contributed by atoms with E-state index in [9.17, 15) is 24.0 Å². The van der Waals surface area contributed by atoms with E-state index in [1.165, 1.54) is 37.5 Å². The number of carbonyl (C=O) groups excluding carboxylic acids is 5. The fourth-order valence-corrected chi connectivity index (χ4v) is 6.59. The summed E-state index contributed by atoms with van der Waals surface area (Å²) in [5.74, 6) is -5.36. The van der Waals surface area contributed by atoms with Gasteiger partial charge in [0.05, 0.1) is 28.9 Å². The summed E-state index contributed by atoms with van der Waals surface area (Å²) in [5, 5.41) is 0. The van der Waals surface area contributed by atoms with E-state index in [2.05, 4.69) is 0 Å². The van der Waals surface area contributed by atoms with Gasteiger partial charge in [0.25, 0.3) is 11.8 Å². The molecule has 1 saturated heterocycles. The van der Waals surface area contributed by atoms with Crippen molar-refractivity contribution in [1.29, 1.82) is 0 Å². The number of carbonyl (C=O) groups is 5. The largest absolute Gasteiger partial charge is 0.455 e. The van der Waals surface area contributed by atoms with Crippen molar-refractivity contribution in [3.05, 3.63) is 59.7 Å².